The number of carboxylic acid groups (broad SMARTS) is 1. The second-order valence-corrected chi connectivity index (χ2v) is 9.04. The lowest BCUT2D eigenvalue weighted by Crippen LogP contribution is -2.35. The molecule has 0 radical (unpaired) electrons. The van der Waals surface area contributed by atoms with Crippen LogP contribution in [0.1, 0.15) is 12.0 Å². The molecule has 0 unspecified atom stereocenters. The number of rotatable bonds is 8. The minimum absolute atomic E-state index is 0.247. The number of pyridine rings is 1. The summed E-state index contributed by atoms with van der Waals surface area (Å²) < 4.78 is 0. The monoisotopic (exact) mass is 491 g/mol. The summed E-state index contributed by atoms with van der Waals surface area (Å²) in [6.45, 7) is 0. The Morgan fingerprint density at radius 1 is 1.03 bits per heavy atom. The Morgan fingerprint density at radius 2 is 1.74 bits per heavy atom. The number of halogens is 1. The number of aromatic nitrogens is 2. The predicted molar refractivity (Wildman–Crippen MR) is 135 cm³/mol. The summed E-state index contributed by atoms with van der Waals surface area (Å²) in [5, 5.41) is 12.2. The Bertz CT molecular complexity index is 1290. The van der Waals surface area contributed by atoms with E-state index in [4.69, 9.17) is 16.6 Å². The fraction of sp³-hybridized carbons (Fsp3) is 0.154. The number of amides is 1. The van der Waals surface area contributed by atoms with Crippen LogP contribution < -0.4 is 4.90 Å². The van der Waals surface area contributed by atoms with Gasteiger partial charge in [-0.1, -0.05) is 66.2 Å². The molecule has 4 rings (SSSR count). The molecule has 0 fully saturated rings. The normalized spacial score (nSPS) is 11.7. The highest BCUT2D eigenvalue weighted by molar-refractivity contribution is 7.14. The van der Waals surface area contributed by atoms with Crippen LogP contribution in [0, 0.1) is 5.92 Å². The second kappa shape index (κ2) is 10.6. The molecule has 2 heterocycles. The number of nitrogens with zero attached hydrogens (tertiary/aromatic N) is 3. The van der Waals surface area contributed by atoms with Crippen molar-refractivity contribution >= 4 is 39.9 Å². The van der Waals surface area contributed by atoms with Crippen LogP contribution in [0.3, 0.4) is 0 Å². The van der Waals surface area contributed by atoms with Crippen LogP contribution in [0.5, 0.6) is 0 Å². The van der Waals surface area contributed by atoms with E-state index in [1.807, 2.05) is 66.0 Å². The van der Waals surface area contributed by atoms with E-state index < -0.39 is 11.9 Å². The highest BCUT2D eigenvalue weighted by atomic mass is 35.5. The highest BCUT2D eigenvalue weighted by Gasteiger charge is 2.27. The van der Waals surface area contributed by atoms with E-state index in [0.717, 1.165) is 27.9 Å². The van der Waals surface area contributed by atoms with Crippen molar-refractivity contribution in [1.82, 2.24) is 9.97 Å². The Hall–Kier alpha value is -3.55. The largest absolute Gasteiger partial charge is 0.481 e. The number of carboxylic acids is 1. The lowest BCUT2D eigenvalue weighted by Gasteiger charge is -2.21. The van der Waals surface area contributed by atoms with Gasteiger partial charge in [0.1, 0.15) is 5.15 Å². The minimum atomic E-state index is -1.01. The highest BCUT2D eigenvalue weighted by Crippen LogP contribution is 2.35. The zero-order chi connectivity index (χ0) is 24.1. The van der Waals surface area contributed by atoms with Crippen molar-refractivity contribution in [3.05, 3.63) is 89.0 Å². The van der Waals surface area contributed by atoms with Gasteiger partial charge in [-0.05, 0) is 29.7 Å². The van der Waals surface area contributed by atoms with E-state index in [2.05, 4.69) is 4.98 Å². The van der Waals surface area contributed by atoms with Crippen LogP contribution in [-0.4, -0.2) is 34.0 Å². The predicted octanol–water partition coefficient (Wildman–Crippen LogP) is 5.82. The van der Waals surface area contributed by atoms with Crippen molar-refractivity contribution < 1.29 is 14.7 Å². The molecule has 0 aliphatic heterocycles. The van der Waals surface area contributed by atoms with Crippen molar-refractivity contribution in [1.29, 1.82) is 0 Å². The molecule has 0 bridgehead atoms. The van der Waals surface area contributed by atoms with Crippen molar-refractivity contribution in [3.8, 4) is 22.4 Å². The zero-order valence-electron chi connectivity index (χ0n) is 18.4. The van der Waals surface area contributed by atoms with Gasteiger partial charge in [0.25, 0.3) is 0 Å². The Labute approximate surface area is 206 Å². The fourth-order valence-electron chi connectivity index (χ4n) is 3.76. The lowest BCUT2D eigenvalue weighted by atomic mass is 9.95. The van der Waals surface area contributed by atoms with E-state index in [1.54, 1.807) is 19.3 Å². The number of anilines is 1. The third kappa shape index (κ3) is 5.50. The average molecular weight is 492 g/mol. The third-order valence-corrected chi connectivity index (χ3v) is 6.59. The van der Waals surface area contributed by atoms with E-state index in [9.17, 15) is 14.7 Å². The summed E-state index contributed by atoms with van der Waals surface area (Å²) in [5.74, 6) is -1.97. The van der Waals surface area contributed by atoms with Crippen molar-refractivity contribution in [3.63, 3.8) is 0 Å². The smallest absolute Gasteiger partial charge is 0.304 e. The Balaban J connectivity index is 1.59. The van der Waals surface area contributed by atoms with Gasteiger partial charge in [0.2, 0.25) is 5.91 Å². The maximum Gasteiger partial charge on any atom is 0.304 e. The molecule has 2 aromatic heterocycles. The second-order valence-electron chi connectivity index (χ2n) is 7.81. The minimum Gasteiger partial charge on any atom is -0.481 e. The number of benzene rings is 2. The topological polar surface area (TPSA) is 83.4 Å². The van der Waals surface area contributed by atoms with Crippen LogP contribution in [0.15, 0.2) is 78.3 Å². The molecule has 34 heavy (non-hydrogen) atoms. The zero-order valence-corrected chi connectivity index (χ0v) is 20.0. The van der Waals surface area contributed by atoms with E-state index in [1.165, 1.54) is 16.2 Å². The number of hydrogen-bond donors (Lipinski definition) is 1. The molecule has 0 aliphatic rings. The van der Waals surface area contributed by atoms with Gasteiger partial charge < -0.3 is 5.11 Å². The molecular weight excluding hydrogens is 470 g/mol. The summed E-state index contributed by atoms with van der Waals surface area (Å²) in [6.07, 6.45) is 1.81. The van der Waals surface area contributed by atoms with Gasteiger partial charge in [0, 0.05) is 29.8 Å². The SMILES string of the molecule is CN(C(=O)[C@@H](CC(=O)O)Cc1ccccc1)c1nc(-c2ccccc2-c2ccc(Cl)nc2)cs1. The number of aliphatic carboxylic acids is 1. The summed E-state index contributed by atoms with van der Waals surface area (Å²) >= 11 is 7.28. The van der Waals surface area contributed by atoms with Crippen LogP contribution in [-0.2, 0) is 16.0 Å². The molecule has 172 valence electrons. The number of carbonyl (C=O) groups is 2. The first kappa shape index (κ1) is 23.6. The summed E-state index contributed by atoms with van der Waals surface area (Å²) in [6, 6.07) is 20.9. The fourth-order valence-corrected chi connectivity index (χ4v) is 4.67. The van der Waals surface area contributed by atoms with Crippen molar-refractivity contribution in [2.75, 3.05) is 11.9 Å². The van der Waals surface area contributed by atoms with Gasteiger partial charge in [0.05, 0.1) is 18.0 Å². The maximum absolute atomic E-state index is 13.3. The molecule has 0 aliphatic carbocycles. The third-order valence-electron chi connectivity index (χ3n) is 5.45. The van der Waals surface area contributed by atoms with Crippen LogP contribution in [0.4, 0.5) is 5.13 Å². The van der Waals surface area contributed by atoms with Gasteiger partial charge in [0.15, 0.2) is 5.13 Å². The molecule has 6 nitrogen and oxygen atoms in total. The first-order valence-corrected chi connectivity index (χ1v) is 11.9. The standard InChI is InChI=1S/C26H22ClN3O3S/c1-30(25(33)19(14-24(31)32)13-17-7-3-2-4-8-17)26-29-22(16-34-26)21-10-6-5-9-20(21)18-11-12-23(27)28-15-18/h2-12,15-16,19H,13-14H2,1H3,(H,31,32)/t19-/m1/s1. The van der Waals surface area contributed by atoms with Crippen molar-refractivity contribution in [2.45, 2.75) is 12.8 Å². The summed E-state index contributed by atoms with van der Waals surface area (Å²) in [5.41, 5.74) is 4.40. The van der Waals surface area contributed by atoms with Gasteiger partial charge in [-0.2, -0.15) is 0 Å². The average Bonchev–Trinajstić information content (AvgIpc) is 3.34. The molecule has 0 saturated heterocycles. The number of hydrogen-bond acceptors (Lipinski definition) is 5. The molecule has 8 heteroatoms. The Morgan fingerprint density at radius 3 is 2.41 bits per heavy atom. The van der Waals surface area contributed by atoms with Crippen LogP contribution in [0.25, 0.3) is 22.4 Å². The van der Waals surface area contributed by atoms with Gasteiger partial charge in [-0.15, -0.1) is 11.3 Å². The van der Waals surface area contributed by atoms with Crippen molar-refractivity contribution in [2.24, 2.45) is 5.92 Å². The molecule has 1 N–H and O–H groups in total. The molecule has 1 amide bonds. The molecule has 1 atom stereocenters. The molecule has 0 saturated carbocycles. The molecule has 2 aromatic carbocycles. The number of carbonyl (C=O) groups excluding carboxylic acids is 1. The number of thiazole rings is 1. The van der Waals surface area contributed by atoms with Gasteiger partial charge >= 0.3 is 5.97 Å². The van der Waals surface area contributed by atoms with Gasteiger partial charge in [-0.25, -0.2) is 9.97 Å². The molecule has 0 spiro atoms. The van der Waals surface area contributed by atoms with Gasteiger partial charge in [-0.3, -0.25) is 14.5 Å². The summed E-state index contributed by atoms with van der Waals surface area (Å²) in [7, 11) is 1.64. The van der Waals surface area contributed by atoms with Crippen LogP contribution in [0.2, 0.25) is 5.15 Å². The van der Waals surface area contributed by atoms with E-state index in [-0.39, 0.29) is 12.3 Å². The lowest BCUT2D eigenvalue weighted by molar-refractivity contribution is -0.140. The first-order chi connectivity index (χ1) is 16.4. The quantitative estimate of drug-likeness (QED) is 0.314. The maximum atomic E-state index is 13.3. The van der Waals surface area contributed by atoms with E-state index in [0.29, 0.717) is 16.7 Å². The molecule has 4 aromatic rings. The molecular formula is C26H22ClN3O3S. The van der Waals surface area contributed by atoms with E-state index >= 15 is 0 Å². The first-order valence-electron chi connectivity index (χ1n) is 10.6. The van der Waals surface area contributed by atoms with Crippen LogP contribution >= 0.6 is 22.9 Å². The summed E-state index contributed by atoms with van der Waals surface area (Å²) in [4.78, 5) is 35.0. The Kier molecular flexibility index (Phi) is 7.35.